The third-order valence-electron chi connectivity index (χ3n) is 16.5. The van der Waals surface area contributed by atoms with Gasteiger partial charge >= 0.3 is 11.9 Å². The maximum Gasteiger partial charge on any atom is 0.328 e. The first-order valence-electron chi connectivity index (χ1n) is 26.7. The van der Waals surface area contributed by atoms with E-state index in [1.807, 2.05) is 57.7 Å². The number of esters is 1. The van der Waals surface area contributed by atoms with Crippen molar-refractivity contribution < 1.29 is 19.4 Å². The van der Waals surface area contributed by atoms with Gasteiger partial charge in [-0.2, -0.15) is 0 Å². The molecule has 0 radical (unpaired) electrons. The van der Waals surface area contributed by atoms with Crippen LogP contribution in [0.3, 0.4) is 0 Å². The average molecular weight is 1020 g/mol. The van der Waals surface area contributed by atoms with Crippen molar-refractivity contribution in [1.29, 1.82) is 0 Å². The van der Waals surface area contributed by atoms with Crippen LogP contribution in [0.25, 0.3) is 22.1 Å². The Kier molecular flexibility index (Phi) is 18.4. The van der Waals surface area contributed by atoms with Crippen LogP contribution in [-0.4, -0.2) is 100 Å². The molecule has 71 heavy (non-hydrogen) atoms. The number of aromatic nitrogens is 4. The molecule has 6 atom stereocenters. The summed E-state index contributed by atoms with van der Waals surface area (Å²) in [6, 6.07) is 19.7. The highest BCUT2D eigenvalue weighted by molar-refractivity contribution is 6.29. The van der Waals surface area contributed by atoms with E-state index in [-0.39, 0.29) is 46.6 Å². The fourth-order valence-electron chi connectivity index (χ4n) is 13.1. The quantitative estimate of drug-likeness (QED) is 0.143. The second-order valence-corrected chi connectivity index (χ2v) is 22.7. The van der Waals surface area contributed by atoms with Crippen LogP contribution in [0.2, 0.25) is 5.15 Å². The number of hydrogen-bond donors (Lipinski definition) is 3. The van der Waals surface area contributed by atoms with Crippen molar-refractivity contribution >= 4 is 63.8 Å². The molecule has 16 heteroatoms. The van der Waals surface area contributed by atoms with Gasteiger partial charge in [0.05, 0.1) is 29.2 Å². The number of hydrogen-bond acceptors (Lipinski definition) is 11. The Balaban J connectivity index is 0.000000181. The summed E-state index contributed by atoms with van der Waals surface area (Å²) in [6.45, 7) is 6.31. The molecule has 2 aromatic carbocycles. The summed E-state index contributed by atoms with van der Waals surface area (Å²) in [6.07, 6.45) is 28.2. The first-order chi connectivity index (χ1) is 33.5. The molecule has 6 fully saturated rings. The van der Waals surface area contributed by atoms with Gasteiger partial charge in [-0.3, -0.25) is 24.2 Å². The van der Waals surface area contributed by atoms with E-state index in [2.05, 4.69) is 29.8 Å². The van der Waals surface area contributed by atoms with Gasteiger partial charge in [-0.05, 0) is 129 Å². The number of nitrogens with one attached hydrogen (secondary N) is 1. The van der Waals surface area contributed by atoms with E-state index in [4.69, 9.17) is 17.3 Å². The highest BCUT2D eigenvalue weighted by Gasteiger charge is 2.46. The predicted molar refractivity (Wildman–Crippen MR) is 286 cm³/mol. The van der Waals surface area contributed by atoms with Crippen LogP contribution in [0, 0.1) is 0 Å². The molecular weight excluding hydrogens is 940 g/mol. The van der Waals surface area contributed by atoms with Crippen LogP contribution in [0.4, 0.5) is 5.82 Å². The maximum atomic E-state index is 13.7. The van der Waals surface area contributed by atoms with Gasteiger partial charge < -0.3 is 30.0 Å². The number of nitrogens with two attached hydrogens (primary N) is 1. The zero-order valence-electron chi connectivity index (χ0n) is 42.8. The summed E-state index contributed by atoms with van der Waals surface area (Å²) >= 11 is 6.23. The minimum atomic E-state index is -1.28. The second-order valence-electron chi connectivity index (χ2n) is 22.4. The maximum absolute atomic E-state index is 13.7. The Morgan fingerprint density at radius 3 is 1.37 bits per heavy atom. The average Bonchev–Trinajstić information content (AvgIpc) is 3.71. The molecule has 6 aliphatic rings. The molecule has 4 aliphatic heterocycles. The molecule has 10 rings (SSSR count). The Labute approximate surface area is 431 Å². The van der Waals surface area contributed by atoms with Crippen molar-refractivity contribution in [2.45, 2.75) is 228 Å². The van der Waals surface area contributed by atoms with Crippen molar-refractivity contribution in [2.75, 3.05) is 12.4 Å². The molecule has 4 aromatic rings. The van der Waals surface area contributed by atoms with Crippen LogP contribution >= 0.6 is 24.0 Å². The normalized spacial score (nSPS) is 25.8. The van der Waals surface area contributed by atoms with E-state index in [1.165, 1.54) is 123 Å². The van der Waals surface area contributed by atoms with E-state index < -0.39 is 23.0 Å². The number of piperidine rings is 2. The molecule has 4 N–H and O–H groups in total. The molecule has 0 amide bonds. The smallest absolute Gasteiger partial charge is 0.328 e. The lowest BCUT2D eigenvalue weighted by molar-refractivity contribution is -0.145. The summed E-state index contributed by atoms with van der Waals surface area (Å²) in [5.41, 5.74) is 6.16. The van der Waals surface area contributed by atoms with Crippen LogP contribution in [0.5, 0.6) is 0 Å². The van der Waals surface area contributed by atoms with Crippen molar-refractivity contribution in [3.63, 3.8) is 0 Å². The summed E-state index contributed by atoms with van der Waals surface area (Å²) in [5, 5.41) is 12.6. The van der Waals surface area contributed by atoms with Gasteiger partial charge in [0.15, 0.2) is 11.0 Å². The Morgan fingerprint density at radius 2 is 0.986 bits per heavy atom. The number of halogens is 2. The van der Waals surface area contributed by atoms with Crippen molar-refractivity contribution in [3.05, 3.63) is 74.4 Å². The number of carboxylic acid groups (broad SMARTS) is 1. The van der Waals surface area contributed by atoms with Gasteiger partial charge in [-0.15, -0.1) is 12.4 Å². The number of aliphatic carboxylic acids is 1. The largest absolute Gasteiger partial charge is 0.480 e. The molecule has 0 spiro atoms. The van der Waals surface area contributed by atoms with Crippen LogP contribution in [-0.2, 0) is 14.3 Å². The lowest BCUT2D eigenvalue weighted by atomic mass is 9.89. The van der Waals surface area contributed by atoms with Gasteiger partial charge in [-0.25, -0.2) is 14.8 Å². The molecule has 2 aliphatic carbocycles. The van der Waals surface area contributed by atoms with E-state index >= 15 is 0 Å². The number of nitrogens with zero attached hydrogens (tertiary/aromatic N) is 6. The standard InChI is InChI=1S/C27H38N4O3.C23H30ClN3O.C5H11NO2.ClH/c1-27(2,26(33)34)29-24-25(32)31(23-13-9-8-12-22(23)28-24)21-16-19-14-15-20(17-21)30(19)18-10-6-4-3-5-7-11-18;24-22-23(28)27(21-11-7-6-10-20(21)25-22)19-14-17-12-13-18(15-19)26(17)16-8-4-2-1-3-5-9-16;1-5(2,6)4(7)8-3;/h8-9,12-13,18-21H,3-7,10-11,14-17H2,1-2H3,(H,28,29)(H,33,34);6-7,10-11,16-19H,1-5,8-9,12-15H2;6H2,1-3H3;1H/t19-,20+,21?;17-,18+,19?;;. The minimum absolute atomic E-state index is 0. The Bertz CT molecular complexity index is 2540. The third kappa shape index (κ3) is 12.5. The van der Waals surface area contributed by atoms with Crippen LogP contribution in [0.15, 0.2) is 58.1 Å². The van der Waals surface area contributed by atoms with E-state index in [0.29, 0.717) is 30.2 Å². The molecule has 14 nitrogen and oxygen atoms in total. The van der Waals surface area contributed by atoms with Crippen LogP contribution < -0.4 is 22.2 Å². The Hall–Kier alpha value is -4.08. The lowest BCUT2D eigenvalue weighted by Gasteiger charge is -2.45. The first kappa shape index (κ1) is 54.7. The number of carbonyl (C=O) groups is 2. The fourth-order valence-corrected chi connectivity index (χ4v) is 13.3. The predicted octanol–water partition coefficient (Wildman–Crippen LogP) is 10.6. The van der Waals surface area contributed by atoms with Crippen molar-refractivity contribution in [3.8, 4) is 0 Å². The van der Waals surface area contributed by atoms with Crippen molar-refractivity contribution in [2.24, 2.45) is 5.73 Å². The second kappa shape index (κ2) is 23.9. The highest BCUT2D eigenvalue weighted by atomic mass is 35.5. The molecule has 2 unspecified atom stereocenters. The molecule has 390 valence electrons. The molecular formula is C55H80Cl2N8O6. The fraction of sp³-hybridized carbons (Fsp3) is 0.673. The molecule has 2 aromatic heterocycles. The number of ether oxygens (including phenoxy) is 1. The summed E-state index contributed by atoms with van der Waals surface area (Å²) in [5.74, 6) is -1.28. The van der Waals surface area contributed by atoms with E-state index in [0.717, 1.165) is 53.8 Å². The van der Waals surface area contributed by atoms with Gasteiger partial charge in [0.25, 0.3) is 11.1 Å². The molecule has 6 heterocycles. The molecule has 4 saturated heterocycles. The monoisotopic (exact) mass is 1020 g/mol. The number of anilines is 1. The topological polar surface area (TPSA) is 178 Å². The number of rotatable bonds is 8. The van der Waals surface area contributed by atoms with Gasteiger partial charge in [-0.1, -0.05) is 100 Å². The molecule has 4 bridgehead atoms. The number of methoxy groups -OCH3 is 1. The summed E-state index contributed by atoms with van der Waals surface area (Å²) in [7, 11) is 1.32. The zero-order valence-corrected chi connectivity index (χ0v) is 44.4. The highest BCUT2D eigenvalue weighted by Crippen LogP contribution is 2.46. The minimum Gasteiger partial charge on any atom is -0.480 e. The van der Waals surface area contributed by atoms with E-state index in [9.17, 15) is 24.3 Å². The first-order valence-corrected chi connectivity index (χ1v) is 27.0. The number of carbonyl (C=O) groups excluding carboxylic acids is 1. The van der Waals surface area contributed by atoms with E-state index in [1.54, 1.807) is 27.7 Å². The van der Waals surface area contributed by atoms with Gasteiger partial charge in [0.1, 0.15) is 11.1 Å². The number of benzene rings is 2. The summed E-state index contributed by atoms with van der Waals surface area (Å²) in [4.78, 5) is 63.4. The SMILES string of the molecule is CC(C)(Nc1nc2ccccc2n(C2C[C@H]3CC[C@@H](C2)N3C2CCCCCCC2)c1=O)C(=O)O.COC(=O)C(C)(C)N.Cl.O=c1c(Cl)nc2ccccc2n1C1C[C@H]2CC[C@@H](C1)N2C1CCCCCCC1. The number of carboxylic acids is 1. The zero-order chi connectivity index (χ0) is 49.7. The van der Waals surface area contributed by atoms with Crippen molar-refractivity contribution in [1.82, 2.24) is 28.9 Å². The number of para-hydroxylation sites is 4. The van der Waals surface area contributed by atoms with Gasteiger partial charge in [0.2, 0.25) is 0 Å². The van der Waals surface area contributed by atoms with Crippen LogP contribution in [0.1, 0.15) is 181 Å². The summed E-state index contributed by atoms with van der Waals surface area (Å²) < 4.78 is 8.23. The number of fused-ring (bicyclic) bond motifs is 6. The lowest BCUT2D eigenvalue weighted by Crippen LogP contribution is -2.50. The molecule has 2 saturated carbocycles. The Morgan fingerprint density at radius 1 is 0.606 bits per heavy atom. The third-order valence-corrected chi connectivity index (χ3v) is 16.7. The van der Waals surface area contributed by atoms with Gasteiger partial charge in [0, 0.05) is 48.3 Å².